The Hall–Kier alpha value is -1.98. The van der Waals surface area contributed by atoms with Crippen molar-refractivity contribution in [3.8, 4) is 0 Å². The lowest BCUT2D eigenvalue weighted by atomic mass is 10.2. The summed E-state index contributed by atoms with van der Waals surface area (Å²) in [5, 5.41) is 10.0. The number of hydrogen-bond donors (Lipinski definition) is 2. The quantitative estimate of drug-likeness (QED) is 0.399. The van der Waals surface area contributed by atoms with E-state index in [1.54, 1.807) is 18.9 Å². The first-order chi connectivity index (χ1) is 12.1. The van der Waals surface area contributed by atoms with Crippen LogP contribution in [0.3, 0.4) is 0 Å². The number of guanidine groups is 1. The molecule has 0 radical (unpaired) electrons. The van der Waals surface area contributed by atoms with Crippen LogP contribution in [0.2, 0.25) is 0 Å². The number of rotatable bonds is 4. The number of nitrogens with zero attached hydrogens (tertiary/aromatic N) is 4. The van der Waals surface area contributed by atoms with Gasteiger partial charge >= 0.3 is 0 Å². The molecule has 3 rings (SSSR count). The predicted molar refractivity (Wildman–Crippen MR) is 105 cm³/mol. The molecule has 2 aromatic rings. The molecule has 0 saturated carbocycles. The van der Waals surface area contributed by atoms with Crippen LogP contribution in [0.4, 0.5) is 14.5 Å². The summed E-state index contributed by atoms with van der Waals surface area (Å²) in [7, 11) is 1.65. The molecule has 10 heteroatoms. The van der Waals surface area contributed by atoms with Crippen LogP contribution in [0.1, 0.15) is 18.1 Å². The van der Waals surface area contributed by atoms with Crippen molar-refractivity contribution in [2.24, 2.45) is 4.99 Å². The summed E-state index contributed by atoms with van der Waals surface area (Å²) in [6, 6.07) is 3.93. The number of anilines is 1. The van der Waals surface area contributed by atoms with Gasteiger partial charge in [-0.15, -0.1) is 24.0 Å². The van der Waals surface area contributed by atoms with E-state index in [-0.39, 0.29) is 35.7 Å². The number of para-hydroxylation sites is 1. The molecular formula is C16H21F2IN6O. The van der Waals surface area contributed by atoms with Crippen molar-refractivity contribution in [3.05, 3.63) is 41.5 Å². The second kappa shape index (κ2) is 9.10. The van der Waals surface area contributed by atoms with E-state index in [0.717, 1.165) is 6.42 Å². The molecule has 0 spiro atoms. The second-order valence-electron chi connectivity index (χ2n) is 5.81. The van der Waals surface area contributed by atoms with E-state index >= 15 is 0 Å². The molecule has 1 aromatic carbocycles. The molecule has 0 aliphatic carbocycles. The Morgan fingerprint density at radius 1 is 1.38 bits per heavy atom. The molecule has 1 fully saturated rings. The Bertz CT molecular complexity index is 749. The van der Waals surface area contributed by atoms with Gasteiger partial charge in [0.25, 0.3) is 0 Å². The number of aliphatic imine (C=N–C) groups is 1. The highest BCUT2D eigenvalue weighted by atomic mass is 127. The molecule has 7 nitrogen and oxygen atoms in total. The van der Waals surface area contributed by atoms with E-state index in [9.17, 15) is 8.78 Å². The van der Waals surface area contributed by atoms with E-state index in [1.807, 2.05) is 0 Å². The van der Waals surface area contributed by atoms with Crippen molar-refractivity contribution in [1.29, 1.82) is 0 Å². The Kier molecular flexibility index (Phi) is 7.12. The molecule has 1 aromatic heterocycles. The summed E-state index contributed by atoms with van der Waals surface area (Å²) in [6.07, 6.45) is 0.744. The normalized spacial score (nSPS) is 17.2. The van der Waals surface area contributed by atoms with E-state index in [0.29, 0.717) is 37.3 Å². The highest BCUT2D eigenvalue weighted by Gasteiger charge is 2.27. The van der Waals surface area contributed by atoms with E-state index in [1.165, 1.54) is 18.2 Å². The molecule has 2 N–H and O–H groups in total. The van der Waals surface area contributed by atoms with Crippen LogP contribution in [0.25, 0.3) is 0 Å². The van der Waals surface area contributed by atoms with Crippen LogP contribution in [-0.4, -0.2) is 42.3 Å². The van der Waals surface area contributed by atoms with Crippen LogP contribution in [0.5, 0.6) is 0 Å². The SMILES string of the molecule is CN=C(NCc1nc(C)no1)NC1CCN(c2c(F)cccc2F)C1.I. The van der Waals surface area contributed by atoms with Crippen molar-refractivity contribution < 1.29 is 13.3 Å². The van der Waals surface area contributed by atoms with Crippen LogP contribution in [0.15, 0.2) is 27.7 Å². The molecule has 26 heavy (non-hydrogen) atoms. The molecule has 1 atom stereocenters. The minimum absolute atomic E-state index is 0. The van der Waals surface area contributed by atoms with Crippen LogP contribution in [-0.2, 0) is 6.54 Å². The second-order valence-corrected chi connectivity index (χ2v) is 5.81. The van der Waals surface area contributed by atoms with Crippen molar-refractivity contribution >= 4 is 35.6 Å². The number of aromatic nitrogens is 2. The van der Waals surface area contributed by atoms with Gasteiger partial charge in [0.1, 0.15) is 17.3 Å². The number of benzene rings is 1. The number of nitrogens with one attached hydrogen (secondary N) is 2. The standard InChI is InChI=1S/C16H20F2N6O.HI/c1-10-21-14(25-23-10)8-20-16(19-2)22-11-6-7-24(9-11)15-12(17)4-3-5-13(15)18;/h3-5,11H,6-9H2,1-2H3,(H2,19,20,22);1H. The zero-order valence-corrected chi connectivity index (χ0v) is 16.8. The fourth-order valence-electron chi connectivity index (χ4n) is 2.83. The van der Waals surface area contributed by atoms with Crippen molar-refractivity contribution in [2.75, 3.05) is 25.0 Å². The van der Waals surface area contributed by atoms with Crippen molar-refractivity contribution in [1.82, 2.24) is 20.8 Å². The topological polar surface area (TPSA) is 78.6 Å². The average Bonchev–Trinajstić information content (AvgIpc) is 3.20. The predicted octanol–water partition coefficient (Wildman–Crippen LogP) is 2.22. The summed E-state index contributed by atoms with van der Waals surface area (Å²) >= 11 is 0. The summed E-state index contributed by atoms with van der Waals surface area (Å²) in [6.45, 7) is 3.14. The molecule has 1 unspecified atom stereocenters. The molecule has 0 bridgehead atoms. The summed E-state index contributed by atoms with van der Waals surface area (Å²) < 4.78 is 32.8. The Labute approximate surface area is 167 Å². The van der Waals surface area contributed by atoms with Gasteiger partial charge in [0, 0.05) is 26.2 Å². The zero-order valence-electron chi connectivity index (χ0n) is 14.5. The van der Waals surface area contributed by atoms with Gasteiger partial charge in [-0.1, -0.05) is 11.2 Å². The van der Waals surface area contributed by atoms with E-state index in [2.05, 4.69) is 25.8 Å². The number of aryl methyl sites for hydroxylation is 1. The lowest BCUT2D eigenvalue weighted by Crippen LogP contribution is -2.44. The molecule has 142 valence electrons. The minimum atomic E-state index is -0.546. The van der Waals surface area contributed by atoms with Gasteiger partial charge in [-0.3, -0.25) is 4.99 Å². The Balaban J connectivity index is 0.00000243. The van der Waals surface area contributed by atoms with Gasteiger partial charge in [-0.05, 0) is 25.5 Å². The minimum Gasteiger partial charge on any atom is -0.365 e. The highest BCUT2D eigenvalue weighted by molar-refractivity contribution is 14.0. The fourth-order valence-corrected chi connectivity index (χ4v) is 2.83. The van der Waals surface area contributed by atoms with Gasteiger partial charge in [-0.25, -0.2) is 8.78 Å². The third-order valence-electron chi connectivity index (χ3n) is 3.98. The van der Waals surface area contributed by atoms with Gasteiger partial charge in [0.2, 0.25) is 5.89 Å². The average molecular weight is 478 g/mol. The summed E-state index contributed by atoms with van der Waals surface area (Å²) in [5.74, 6) is 0.501. The summed E-state index contributed by atoms with van der Waals surface area (Å²) in [4.78, 5) is 9.95. The maximum absolute atomic E-state index is 13.9. The Morgan fingerprint density at radius 2 is 2.12 bits per heavy atom. The van der Waals surface area contributed by atoms with Crippen LogP contribution >= 0.6 is 24.0 Å². The largest absolute Gasteiger partial charge is 0.365 e. The third kappa shape index (κ3) is 4.80. The van der Waals surface area contributed by atoms with Crippen molar-refractivity contribution in [3.63, 3.8) is 0 Å². The highest BCUT2D eigenvalue weighted by Crippen LogP contribution is 2.26. The first-order valence-electron chi connectivity index (χ1n) is 8.02. The van der Waals surface area contributed by atoms with Gasteiger partial charge in [-0.2, -0.15) is 4.98 Å². The Morgan fingerprint density at radius 3 is 2.73 bits per heavy atom. The van der Waals surface area contributed by atoms with Gasteiger partial charge < -0.3 is 20.1 Å². The monoisotopic (exact) mass is 478 g/mol. The fraction of sp³-hybridized carbons (Fsp3) is 0.438. The number of halogens is 3. The maximum Gasteiger partial charge on any atom is 0.246 e. The van der Waals surface area contributed by atoms with Gasteiger partial charge in [0.15, 0.2) is 11.8 Å². The molecule has 1 aliphatic heterocycles. The van der Waals surface area contributed by atoms with E-state index in [4.69, 9.17) is 4.52 Å². The first-order valence-corrected chi connectivity index (χ1v) is 8.02. The number of hydrogen-bond acceptors (Lipinski definition) is 5. The smallest absolute Gasteiger partial charge is 0.246 e. The summed E-state index contributed by atoms with van der Waals surface area (Å²) in [5.41, 5.74) is 0.0241. The maximum atomic E-state index is 13.9. The molecule has 1 saturated heterocycles. The first kappa shape index (κ1) is 20.3. The van der Waals surface area contributed by atoms with Crippen molar-refractivity contribution in [2.45, 2.75) is 25.9 Å². The van der Waals surface area contributed by atoms with Crippen LogP contribution in [0, 0.1) is 18.6 Å². The lowest BCUT2D eigenvalue weighted by Gasteiger charge is -2.21. The molecule has 1 aliphatic rings. The molecular weight excluding hydrogens is 457 g/mol. The molecule has 0 amide bonds. The molecule has 2 heterocycles. The zero-order chi connectivity index (χ0) is 17.8. The van der Waals surface area contributed by atoms with Gasteiger partial charge in [0.05, 0.1) is 6.54 Å². The van der Waals surface area contributed by atoms with E-state index < -0.39 is 11.6 Å². The lowest BCUT2D eigenvalue weighted by molar-refractivity contribution is 0.371. The van der Waals surface area contributed by atoms with Crippen LogP contribution < -0.4 is 15.5 Å². The third-order valence-corrected chi connectivity index (χ3v) is 3.98.